The standard InChI is InChI=1S/C19H17FO/c1-2-15-5-3-6-16(13-15)9-11-19(21)12-10-17-7-4-8-18(20)14-17/h3-14H,2H2,1H3. The Morgan fingerprint density at radius 3 is 2.24 bits per heavy atom. The fraction of sp³-hybridized carbons (Fsp3) is 0.105. The van der Waals surface area contributed by atoms with Crippen LogP contribution in [0.4, 0.5) is 4.39 Å². The van der Waals surface area contributed by atoms with Gasteiger partial charge in [-0.2, -0.15) is 0 Å². The SMILES string of the molecule is CCc1cccc(C=CC(=O)C=Cc2cccc(F)c2)c1. The molecule has 0 saturated heterocycles. The smallest absolute Gasteiger partial charge is 0.178 e. The molecule has 0 fully saturated rings. The van der Waals surface area contributed by atoms with Gasteiger partial charge in [0.05, 0.1) is 0 Å². The summed E-state index contributed by atoms with van der Waals surface area (Å²) in [5, 5.41) is 0. The Kier molecular flexibility index (Phi) is 5.22. The van der Waals surface area contributed by atoms with Gasteiger partial charge in [-0.25, -0.2) is 4.39 Å². The van der Waals surface area contributed by atoms with Crippen LogP contribution in [-0.2, 0) is 11.2 Å². The number of rotatable bonds is 5. The van der Waals surface area contributed by atoms with E-state index in [2.05, 4.69) is 19.1 Å². The van der Waals surface area contributed by atoms with E-state index in [4.69, 9.17) is 0 Å². The summed E-state index contributed by atoms with van der Waals surface area (Å²) >= 11 is 0. The van der Waals surface area contributed by atoms with Gasteiger partial charge in [0.2, 0.25) is 0 Å². The largest absolute Gasteiger partial charge is 0.290 e. The van der Waals surface area contributed by atoms with Gasteiger partial charge in [0.15, 0.2) is 5.78 Å². The number of aryl methyl sites for hydroxylation is 1. The van der Waals surface area contributed by atoms with Crippen LogP contribution in [0.5, 0.6) is 0 Å². The van der Waals surface area contributed by atoms with Gasteiger partial charge in [-0.1, -0.05) is 55.5 Å². The molecular formula is C19H17FO. The Bertz CT molecular complexity index is 683. The zero-order valence-corrected chi connectivity index (χ0v) is 11.9. The van der Waals surface area contributed by atoms with Crippen LogP contribution < -0.4 is 0 Å². The molecule has 2 heteroatoms. The predicted molar refractivity (Wildman–Crippen MR) is 85.3 cm³/mol. The van der Waals surface area contributed by atoms with Gasteiger partial charge >= 0.3 is 0 Å². The van der Waals surface area contributed by atoms with Crippen LogP contribution in [0.15, 0.2) is 60.7 Å². The van der Waals surface area contributed by atoms with Crippen molar-refractivity contribution in [3.63, 3.8) is 0 Å². The Morgan fingerprint density at radius 1 is 1.00 bits per heavy atom. The topological polar surface area (TPSA) is 17.1 Å². The second-order valence-corrected chi connectivity index (χ2v) is 4.72. The number of ketones is 1. The zero-order valence-electron chi connectivity index (χ0n) is 11.9. The second kappa shape index (κ2) is 7.34. The highest BCUT2D eigenvalue weighted by molar-refractivity contribution is 6.04. The summed E-state index contributed by atoms with van der Waals surface area (Å²) in [5.41, 5.74) is 2.91. The first kappa shape index (κ1) is 14.9. The average molecular weight is 280 g/mol. The Labute approximate surface area is 124 Å². The molecule has 21 heavy (non-hydrogen) atoms. The third-order valence-corrected chi connectivity index (χ3v) is 3.09. The quantitative estimate of drug-likeness (QED) is 0.726. The lowest BCUT2D eigenvalue weighted by Crippen LogP contribution is -1.86. The molecule has 1 nitrogen and oxygen atoms in total. The molecular weight excluding hydrogens is 263 g/mol. The maximum atomic E-state index is 13.0. The number of carbonyl (C=O) groups excluding carboxylic acids is 1. The van der Waals surface area contributed by atoms with Gasteiger partial charge in [0, 0.05) is 0 Å². The molecule has 0 N–H and O–H groups in total. The van der Waals surface area contributed by atoms with Crippen LogP contribution in [0.25, 0.3) is 12.2 Å². The monoisotopic (exact) mass is 280 g/mol. The van der Waals surface area contributed by atoms with Crippen LogP contribution in [0.1, 0.15) is 23.6 Å². The number of benzene rings is 2. The summed E-state index contributed by atoms with van der Waals surface area (Å²) in [6.07, 6.45) is 7.32. The molecule has 106 valence electrons. The molecule has 0 aliphatic heterocycles. The molecule has 2 aromatic rings. The number of carbonyl (C=O) groups is 1. The van der Waals surface area contributed by atoms with Crippen molar-refractivity contribution in [1.82, 2.24) is 0 Å². The maximum absolute atomic E-state index is 13.0. The molecule has 0 amide bonds. The van der Waals surface area contributed by atoms with Gasteiger partial charge in [-0.05, 0) is 47.4 Å². The summed E-state index contributed by atoms with van der Waals surface area (Å²) in [6, 6.07) is 14.2. The van der Waals surface area contributed by atoms with Crippen molar-refractivity contribution in [3.05, 3.63) is 83.2 Å². The number of halogens is 1. The lowest BCUT2D eigenvalue weighted by atomic mass is 10.1. The highest BCUT2D eigenvalue weighted by Gasteiger charge is 1.94. The molecule has 2 aromatic carbocycles. The van der Waals surface area contributed by atoms with Crippen molar-refractivity contribution in [1.29, 1.82) is 0 Å². The number of allylic oxidation sites excluding steroid dienone is 2. The van der Waals surface area contributed by atoms with Crippen molar-refractivity contribution in [2.75, 3.05) is 0 Å². The van der Waals surface area contributed by atoms with Crippen LogP contribution in [-0.4, -0.2) is 5.78 Å². The fourth-order valence-corrected chi connectivity index (χ4v) is 1.94. The van der Waals surface area contributed by atoms with Gasteiger partial charge in [0.25, 0.3) is 0 Å². The minimum Gasteiger partial charge on any atom is -0.290 e. The average Bonchev–Trinajstić information content (AvgIpc) is 2.51. The molecule has 0 heterocycles. The van der Waals surface area contributed by atoms with E-state index in [1.165, 1.54) is 29.8 Å². The van der Waals surface area contributed by atoms with E-state index in [1.807, 2.05) is 12.1 Å². The highest BCUT2D eigenvalue weighted by atomic mass is 19.1. The summed E-state index contributed by atoms with van der Waals surface area (Å²) in [6.45, 7) is 2.09. The predicted octanol–water partition coefficient (Wildman–Crippen LogP) is 4.68. The van der Waals surface area contributed by atoms with Gasteiger partial charge in [-0.15, -0.1) is 0 Å². The lowest BCUT2D eigenvalue weighted by molar-refractivity contribution is -0.110. The third kappa shape index (κ3) is 4.84. The third-order valence-electron chi connectivity index (χ3n) is 3.09. The highest BCUT2D eigenvalue weighted by Crippen LogP contribution is 2.08. The molecule has 0 unspecified atom stereocenters. The van der Waals surface area contributed by atoms with Crippen LogP contribution in [0.3, 0.4) is 0 Å². The lowest BCUT2D eigenvalue weighted by Gasteiger charge is -1.97. The van der Waals surface area contributed by atoms with Crippen molar-refractivity contribution in [3.8, 4) is 0 Å². The molecule has 0 radical (unpaired) electrons. The first-order valence-corrected chi connectivity index (χ1v) is 6.92. The number of hydrogen-bond donors (Lipinski definition) is 0. The van der Waals surface area contributed by atoms with E-state index in [0.717, 1.165) is 12.0 Å². The van der Waals surface area contributed by atoms with E-state index in [-0.39, 0.29) is 11.6 Å². The summed E-state index contributed by atoms with van der Waals surface area (Å²) in [7, 11) is 0. The van der Waals surface area contributed by atoms with E-state index in [1.54, 1.807) is 24.3 Å². The normalized spacial score (nSPS) is 11.3. The van der Waals surface area contributed by atoms with Crippen molar-refractivity contribution in [2.24, 2.45) is 0 Å². The first-order chi connectivity index (χ1) is 10.2. The molecule has 0 bridgehead atoms. The van der Waals surface area contributed by atoms with Crippen molar-refractivity contribution < 1.29 is 9.18 Å². The van der Waals surface area contributed by atoms with E-state index >= 15 is 0 Å². The molecule has 0 spiro atoms. The van der Waals surface area contributed by atoms with Crippen molar-refractivity contribution in [2.45, 2.75) is 13.3 Å². The van der Waals surface area contributed by atoms with Crippen LogP contribution in [0.2, 0.25) is 0 Å². The Balaban J connectivity index is 2.02. The van der Waals surface area contributed by atoms with Gasteiger partial charge < -0.3 is 0 Å². The molecule has 2 rings (SSSR count). The van der Waals surface area contributed by atoms with Crippen LogP contribution >= 0.6 is 0 Å². The molecule has 0 atom stereocenters. The van der Waals surface area contributed by atoms with E-state index < -0.39 is 0 Å². The fourth-order valence-electron chi connectivity index (χ4n) is 1.94. The minimum atomic E-state index is -0.309. The molecule has 0 aliphatic carbocycles. The summed E-state index contributed by atoms with van der Waals surface area (Å²) in [5.74, 6) is -0.433. The van der Waals surface area contributed by atoms with Crippen molar-refractivity contribution >= 4 is 17.9 Å². The summed E-state index contributed by atoms with van der Waals surface area (Å²) < 4.78 is 13.0. The molecule has 0 aromatic heterocycles. The minimum absolute atomic E-state index is 0.124. The molecule has 0 aliphatic rings. The Morgan fingerprint density at radius 2 is 1.62 bits per heavy atom. The van der Waals surface area contributed by atoms with E-state index in [0.29, 0.717) is 5.56 Å². The summed E-state index contributed by atoms with van der Waals surface area (Å²) in [4.78, 5) is 11.8. The molecule has 0 saturated carbocycles. The zero-order chi connectivity index (χ0) is 15.1. The van der Waals surface area contributed by atoms with Gasteiger partial charge in [-0.3, -0.25) is 4.79 Å². The van der Waals surface area contributed by atoms with E-state index in [9.17, 15) is 9.18 Å². The second-order valence-electron chi connectivity index (χ2n) is 4.72. The first-order valence-electron chi connectivity index (χ1n) is 6.92. The van der Waals surface area contributed by atoms with Gasteiger partial charge in [0.1, 0.15) is 5.82 Å². The number of hydrogen-bond acceptors (Lipinski definition) is 1. The Hall–Kier alpha value is -2.48. The maximum Gasteiger partial charge on any atom is 0.178 e. The van der Waals surface area contributed by atoms with Crippen LogP contribution in [0, 0.1) is 5.82 Å².